The zero-order valence-electron chi connectivity index (χ0n) is 20.6. The lowest BCUT2D eigenvalue weighted by Crippen LogP contribution is -2.48. The molecule has 8 nitrogen and oxygen atoms in total. The van der Waals surface area contributed by atoms with E-state index in [2.05, 4.69) is 15.0 Å². The Morgan fingerprint density at radius 3 is 2.33 bits per heavy atom. The van der Waals surface area contributed by atoms with Gasteiger partial charge in [0, 0.05) is 24.2 Å². The number of benzene rings is 1. The van der Waals surface area contributed by atoms with Gasteiger partial charge in [-0.2, -0.15) is 13.2 Å². The zero-order valence-corrected chi connectivity index (χ0v) is 20.6. The fourth-order valence-electron chi connectivity index (χ4n) is 4.65. The molecule has 3 heterocycles. The van der Waals surface area contributed by atoms with Crippen LogP contribution in [0, 0.1) is 13.8 Å². The third-order valence-electron chi connectivity index (χ3n) is 6.07. The van der Waals surface area contributed by atoms with E-state index in [9.17, 15) is 22.8 Å². The third kappa shape index (κ3) is 5.06. The number of carbonyl (C=O) groups is 1. The average molecular weight is 505 g/mol. The standard InChI is InChI=1S/C25H27F3N4O4/c1-12-10-32(11-13(2)35-12)24(34)17-6-8-18(9-7-17)36-15(4)19-14(3)20-22(29-16(5)30-23(20)33)31-21(19)25(26,27)28/h6-9,12-13,15H,10-11H2,1-5H3,(H,29,30,31,33). The molecular formula is C25H27F3N4O4. The highest BCUT2D eigenvalue weighted by Gasteiger charge is 2.39. The lowest BCUT2D eigenvalue weighted by molar-refractivity contribution is -0.142. The van der Waals surface area contributed by atoms with E-state index in [-0.39, 0.29) is 51.8 Å². The molecule has 3 unspecified atom stereocenters. The zero-order chi connectivity index (χ0) is 26.4. The molecule has 1 saturated heterocycles. The number of aryl methyl sites for hydroxylation is 2. The van der Waals surface area contributed by atoms with Gasteiger partial charge >= 0.3 is 6.18 Å². The SMILES string of the molecule is Cc1nc2nc(C(F)(F)F)c(C(C)Oc3ccc(C(=O)N4CC(C)OC(C)C4)cc3)c(C)c2c(=O)[nH]1. The molecule has 1 aromatic carbocycles. The molecule has 1 aliphatic heterocycles. The Hall–Kier alpha value is -3.47. The van der Waals surface area contributed by atoms with Gasteiger partial charge in [0.05, 0.1) is 17.6 Å². The van der Waals surface area contributed by atoms with Gasteiger partial charge < -0.3 is 19.4 Å². The maximum absolute atomic E-state index is 13.9. The van der Waals surface area contributed by atoms with Crippen LogP contribution in [-0.2, 0) is 10.9 Å². The van der Waals surface area contributed by atoms with Gasteiger partial charge in [0.25, 0.3) is 11.5 Å². The number of halogens is 3. The van der Waals surface area contributed by atoms with Gasteiger partial charge in [-0.25, -0.2) is 9.97 Å². The summed E-state index contributed by atoms with van der Waals surface area (Å²) in [5.41, 5.74) is -1.71. The van der Waals surface area contributed by atoms with Crippen molar-refractivity contribution < 1.29 is 27.4 Å². The topological polar surface area (TPSA) is 97.4 Å². The molecule has 1 fully saturated rings. The number of nitrogens with zero attached hydrogens (tertiary/aromatic N) is 3. The summed E-state index contributed by atoms with van der Waals surface area (Å²) in [5, 5.41) is -0.0195. The molecule has 0 aliphatic carbocycles. The van der Waals surface area contributed by atoms with Crippen LogP contribution in [-0.4, -0.2) is 51.1 Å². The number of fused-ring (bicyclic) bond motifs is 1. The van der Waals surface area contributed by atoms with Crippen LogP contribution in [0.5, 0.6) is 5.75 Å². The summed E-state index contributed by atoms with van der Waals surface area (Å²) in [6, 6.07) is 6.21. The van der Waals surface area contributed by atoms with Crippen molar-refractivity contribution in [1.82, 2.24) is 19.9 Å². The van der Waals surface area contributed by atoms with E-state index in [1.807, 2.05) is 13.8 Å². The number of H-pyrrole nitrogens is 1. The van der Waals surface area contributed by atoms with Crippen molar-refractivity contribution in [2.45, 2.75) is 59.1 Å². The number of hydrogen-bond donors (Lipinski definition) is 1. The second-order valence-corrected chi connectivity index (χ2v) is 9.10. The molecule has 2 aromatic heterocycles. The van der Waals surface area contributed by atoms with Gasteiger partial charge in [0.2, 0.25) is 0 Å². The number of nitrogens with one attached hydrogen (secondary N) is 1. The molecule has 36 heavy (non-hydrogen) atoms. The maximum atomic E-state index is 13.9. The van der Waals surface area contributed by atoms with Crippen molar-refractivity contribution in [2.75, 3.05) is 13.1 Å². The average Bonchev–Trinajstić information content (AvgIpc) is 2.77. The predicted octanol–water partition coefficient (Wildman–Crippen LogP) is 4.34. The van der Waals surface area contributed by atoms with E-state index in [0.29, 0.717) is 18.7 Å². The molecule has 0 saturated carbocycles. The van der Waals surface area contributed by atoms with Crippen molar-refractivity contribution in [3.63, 3.8) is 0 Å². The van der Waals surface area contributed by atoms with Crippen LogP contribution in [0.2, 0.25) is 0 Å². The maximum Gasteiger partial charge on any atom is 0.433 e. The number of aromatic amines is 1. The molecule has 1 N–H and O–H groups in total. The molecule has 3 aromatic rings. The first kappa shape index (κ1) is 25.6. The normalized spacial score (nSPS) is 19.4. The lowest BCUT2D eigenvalue weighted by Gasteiger charge is -2.35. The number of hydrogen-bond acceptors (Lipinski definition) is 6. The summed E-state index contributed by atoms with van der Waals surface area (Å²) in [6.45, 7) is 9.10. The fourth-order valence-corrected chi connectivity index (χ4v) is 4.65. The molecule has 1 aliphatic rings. The van der Waals surface area contributed by atoms with Gasteiger partial charge in [0.1, 0.15) is 17.7 Å². The van der Waals surface area contributed by atoms with Crippen molar-refractivity contribution in [2.24, 2.45) is 0 Å². The van der Waals surface area contributed by atoms with Crippen molar-refractivity contribution in [3.8, 4) is 5.75 Å². The number of amides is 1. The third-order valence-corrected chi connectivity index (χ3v) is 6.07. The first-order chi connectivity index (χ1) is 16.8. The van der Waals surface area contributed by atoms with Crippen LogP contribution in [0.1, 0.15) is 59.9 Å². The minimum atomic E-state index is -4.78. The van der Waals surface area contributed by atoms with E-state index in [0.717, 1.165) is 0 Å². The number of ether oxygens (including phenoxy) is 2. The molecule has 192 valence electrons. The van der Waals surface area contributed by atoms with Gasteiger partial charge in [-0.3, -0.25) is 9.59 Å². The predicted molar refractivity (Wildman–Crippen MR) is 126 cm³/mol. The number of pyridine rings is 1. The van der Waals surface area contributed by atoms with Gasteiger partial charge in [-0.05, 0) is 64.4 Å². The molecule has 11 heteroatoms. The summed E-state index contributed by atoms with van der Waals surface area (Å²) >= 11 is 0. The Labute approximate surface area is 205 Å². The number of rotatable bonds is 4. The van der Waals surface area contributed by atoms with E-state index in [4.69, 9.17) is 9.47 Å². The van der Waals surface area contributed by atoms with E-state index in [1.165, 1.54) is 32.9 Å². The Bertz CT molecular complexity index is 1340. The fraction of sp³-hybridized carbons (Fsp3) is 0.440. The minimum Gasteiger partial charge on any atom is -0.486 e. The van der Waals surface area contributed by atoms with Gasteiger partial charge in [-0.1, -0.05) is 0 Å². The monoisotopic (exact) mass is 504 g/mol. The highest BCUT2D eigenvalue weighted by atomic mass is 19.4. The highest BCUT2D eigenvalue weighted by Crippen LogP contribution is 2.38. The second-order valence-electron chi connectivity index (χ2n) is 9.10. The summed E-state index contributed by atoms with van der Waals surface area (Å²) in [5.74, 6) is 0.277. The number of morpholine rings is 1. The molecule has 4 rings (SSSR count). The minimum absolute atomic E-state index is 0.0195. The van der Waals surface area contributed by atoms with Crippen LogP contribution in [0.3, 0.4) is 0 Å². The summed E-state index contributed by atoms with van der Waals surface area (Å²) in [7, 11) is 0. The number of alkyl halides is 3. The summed E-state index contributed by atoms with van der Waals surface area (Å²) in [4.78, 5) is 37.3. The van der Waals surface area contributed by atoms with Crippen molar-refractivity contribution >= 4 is 16.9 Å². The van der Waals surface area contributed by atoms with Crippen molar-refractivity contribution in [3.05, 3.63) is 62.8 Å². The Morgan fingerprint density at radius 1 is 1.14 bits per heavy atom. The number of carbonyl (C=O) groups excluding carboxylic acids is 1. The molecular weight excluding hydrogens is 477 g/mol. The van der Waals surface area contributed by atoms with E-state index < -0.39 is 23.5 Å². The number of aromatic nitrogens is 3. The first-order valence-corrected chi connectivity index (χ1v) is 11.5. The largest absolute Gasteiger partial charge is 0.486 e. The smallest absolute Gasteiger partial charge is 0.433 e. The quantitative estimate of drug-likeness (QED) is 0.568. The van der Waals surface area contributed by atoms with E-state index >= 15 is 0 Å². The first-order valence-electron chi connectivity index (χ1n) is 11.5. The van der Waals surface area contributed by atoms with Gasteiger partial charge in [0.15, 0.2) is 11.3 Å². The molecule has 0 radical (unpaired) electrons. The van der Waals surface area contributed by atoms with Crippen LogP contribution in [0.15, 0.2) is 29.1 Å². The second kappa shape index (κ2) is 9.53. The lowest BCUT2D eigenvalue weighted by atomic mass is 9.99. The van der Waals surface area contributed by atoms with Crippen LogP contribution in [0.25, 0.3) is 11.0 Å². The highest BCUT2D eigenvalue weighted by molar-refractivity contribution is 5.94. The molecule has 3 atom stereocenters. The van der Waals surface area contributed by atoms with Crippen LogP contribution < -0.4 is 10.3 Å². The van der Waals surface area contributed by atoms with Crippen molar-refractivity contribution in [1.29, 1.82) is 0 Å². The van der Waals surface area contributed by atoms with Crippen LogP contribution in [0.4, 0.5) is 13.2 Å². The van der Waals surface area contributed by atoms with Crippen LogP contribution >= 0.6 is 0 Å². The summed E-state index contributed by atoms with van der Waals surface area (Å²) < 4.78 is 53.3. The Morgan fingerprint density at radius 2 is 1.75 bits per heavy atom. The molecule has 0 bridgehead atoms. The molecule has 1 amide bonds. The van der Waals surface area contributed by atoms with E-state index in [1.54, 1.807) is 17.0 Å². The molecule has 0 spiro atoms. The summed E-state index contributed by atoms with van der Waals surface area (Å²) in [6.07, 6.45) is -6.03. The Kier molecular flexibility index (Phi) is 6.78. The Balaban J connectivity index is 1.63. The van der Waals surface area contributed by atoms with Gasteiger partial charge in [-0.15, -0.1) is 0 Å².